The van der Waals surface area contributed by atoms with Crippen molar-refractivity contribution >= 4 is 25.2 Å². The van der Waals surface area contributed by atoms with Crippen LogP contribution in [-0.4, -0.2) is 25.1 Å². The van der Waals surface area contributed by atoms with E-state index in [-0.39, 0.29) is 18.5 Å². The molecular weight excluding hydrogens is 195 g/mol. The SMILES string of the molecule is CC(S)C1COB(c2ccccc2)O1. The molecule has 0 saturated carbocycles. The summed E-state index contributed by atoms with van der Waals surface area (Å²) in [6.45, 7) is 2.65. The molecule has 14 heavy (non-hydrogen) atoms. The van der Waals surface area contributed by atoms with E-state index in [1.165, 1.54) is 0 Å². The van der Waals surface area contributed by atoms with Crippen LogP contribution < -0.4 is 5.46 Å². The van der Waals surface area contributed by atoms with Crippen molar-refractivity contribution in [3.8, 4) is 0 Å². The van der Waals surface area contributed by atoms with Gasteiger partial charge in [0, 0.05) is 5.25 Å². The van der Waals surface area contributed by atoms with Crippen molar-refractivity contribution in [1.82, 2.24) is 0 Å². The Kier molecular flexibility index (Phi) is 3.16. The summed E-state index contributed by atoms with van der Waals surface area (Å²) in [5, 5.41) is 0.212. The lowest BCUT2D eigenvalue weighted by Crippen LogP contribution is -2.33. The van der Waals surface area contributed by atoms with Crippen LogP contribution in [0, 0.1) is 0 Å². The van der Waals surface area contributed by atoms with Crippen LogP contribution in [0.25, 0.3) is 0 Å². The maximum absolute atomic E-state index is 5.71. The molecule has 2 nitrogen and oxygen atoms in total. The van der Waals surface area contributed by atoms with E-state index in [0.717, 1.165) is 5.46 Å². The van der Waals surface area contributed by atoms with Gasteiger partial charge in [0.05, 0.1) is 12.7 Å². The first-order chi connectivity index (χ1) is 6.77. The van der Waals surface area contributed by atoms with E-state index in [4.69, 9.17) is 9.31 Å². The highest BCUT2D eigenvalue weighted by molar-refractivity contribution is 7.81. The van der Waals surface area contributed by atoms with Gasteiger partial charge in [-0.05, 0) is 5.46 Å². The fourth-order valence-electron chi connectivity index (χ4n) is 1.46. The van der Waals surface area contributed by atoms with Gasteiger partial charge in [0.2, 0.25) is 0 Å². The zero-order valence-corrected chi connectivity index (χ0v) is 8.98. The summed E-state index contributed by atoms with van der Waals surface area (Å²) < 4.78 is 11.3. The van der Waals surface area contributed by atoms with Crippen molar-refractivity contribution in [1.29, 1.82) is 0 Å². The highest BCUT2D eigenvalue weighted by Crippen LogP contribution is 2.15. The Hall–Kier alpha value is -0.445. The molecule has 2 atom stereocenters. The molecular formula is C10H13BO2S. The zero-order valence-electron chi connectivity index (χ0n) is 8.09. The van der Waals surface area contributed by atoms with Gasteiger partial charge in [-0.2, -0.15) is 12.6 Å². The third-order valence-corrected chi connectivity index (χ3v) is 2.65. The lowest BCUT2D eigenvalue weighted by Gasteiger charge is -2.12. The summed E-state index contributed by atoms with van der Waals surface area (Å²) in [6.07, 6.45) is 0.100. The van der Waals surface area contributed by atoms with E-state index in [2.05, 4.69) is 12.6 Å². The van der Waals surface area contributed by atoms with Gasteiger partial charge < -0.3 is 9.31 Å². The molecule has 0 aliphatic carbocycles. The fraction of sp³-hybridized carbons (Fsp3) is 0.400. The van der Waals surface area contributed by atoms with Gasteiger partial charge >= 0.3 is 7.12 Å². The molecule has 2 rings (SSSR count). The van der Waals surface area contributed by atoms with Crippen LogP contribution in [0.1, 0.15) is 6.92 Å². The second kappa shape index (κ2) is 4.38. The average Bonchev–Trinajstić information content (AvgIpc) is 2.68. The second-order valence-electron chi connectivity index (χ2n) is 3.49. The van der Waals surface area contributed by atoms with Gasteiger partial charge in [-0.15, -0.1) is 0 Å². The topological polar surface area (TPSA) is 18.5 Å². The summed E-state index contributed by atoms with van der Waals surface area (Å²) in [5.74, 6) is 0. The minimum atomic E-state index is -0.212. The molecule has 74 valence electrons. The van der Waals surface area contributed by atoms with Gasteiger partial charge in [-0.1, -0.05) is 37.3 Å². The minimum Gasteiger partial charge on any atom is -0.405 e. The van der Waals surface area contributed by atoms with E-state index in [1.54, 1.807) is 0 Å². The quantitative estimate of drug-likeness (QED) is 0.579. The standard InChI is InChI=1S/C10H13BO2S/c1-8(14)10-7-12-11(13-10)9-5-3-2-4-6-9/h2-6,8,10,14H,7H2,1H3. The number of hydrogen-bond acceptors (Lipinski definition) is 3. The fourth-order valence-corrected chi connectivity index (χ4v) is 1.61. The lowest BCUT2D eigenvalue weighted by atomic mass is 9.79. The van der Waals surface area contributed by atoms with Crippen LogP contribution in [0.4, 0.5) is 0 Å². The average molecular weight is 208 g/mol. The van der Waals surface area contributed by atoms with Gasteiger partial charge in [0.25, 0.3) is 0 Å². The Labute approximate surface area is 90.2 Å². The Morgan fingerprint density at radius 2 is 2.14 bits per heavy atom. The third kappa shape index (κ3) is 2.14. The molecule has 0 radical (unpaired) electrons. The molecule has 1 aliphatic heterocycles. The van der Waals surface area contributed by atoms with E-state index in [0.29, 0.717) is 6.61 Å². The van der Waals surface area contributed by atoms with Crippen molar-refractivity contribution < 1.29 is 9.31 Å². The molecule has 0 aromatic heterocycles. The maximum Gasteiger partial charge on any atom is 0.494 e. The van der Waals surface area contributed by atoms with Crippen LogP contribution in [0.5, 0.6) is 0 Å². The number of benzene rings is 1. The first kappa shape index (κ1) is 10.1. The molecule has 0 spiro atoms. The van der Waals surface area contributed by atoms with E-state index >= 15 is 0 Å². The molecule has 0 N–H and O–H groups in total. The van der Waals surface area contributed by atoms with Gasteiger partial charge in [-0.3, -0.25) is 0 Å². The molecule has 2 unspecified atom stereocenters. The van der Waals surface area contributed by atoms with Crippen molar-refractivity contribution in [3.05, 3.63) is 30.3 Å². The Bertz CT molecular complexity index is 291. The largest absolute Gasteiger partial charge is 0.494 e. The molecule has 1 aromatic carbocycles. The summed E-state index contributed by atoms with van der Waals surface area (Å²) in [6, 6.07) is 9.97. The van der Waals surface area contributed by atoms with Crippen LogP contribution in [0.2, 0.25) is 0 Å². The van der Waals surface area contributed by atoms with Gasteiger partial charge in [-0.25, -0.2) is 0 Å². The van der Waals surface area contributed by atoms with Crippen LogP contribution in [0.15, 0.2) is 30.3 Å². The summed E-state index contributed by atoms with van der Waals surface area (Å²) in [7, 11) is -0.212. The van der Waals surface area contributed by atoms with Crippen molar-refractivity contribution in [2.24, 2.45) is 0 Å². The molecule has 1 heterocycles. The number of rotatable bonds is 2. The first-order valence-electron chi connectivity index (χ1n) is 4.77. The predicted octanol–water partition coefficient (Wildman–Crippen LogP) is 1.12. The molecule has 1 aliphatic rings. The van der Waals surface area contributed by atoms with Crippen molar-refractivity contribution in [3.63, 3.8) is 0 Å². The lowest BCUT2D eigenvalue weighted by molar-refractivity contribution is 0.237. The maximum atomic E-state index is 5.71. The molecule has 0 bridgehead atoms. The van der Waals surface area contributed by atoms with E-state index in [9.17, 15) is 0 Å². The van der Waals surface area contributed by atoms with Crippen LogP contribution in [-0.2, 0) is 9.31 Å². The first-order valence-corrected chi connectivity index (χ1v) is 5.29. The van der Waals surface area contributed by atoms with Gasteiger partial charge in [0.1, 0.15) is 0 Å². The Morgan fingerprint density at radius 3 is 2.71 bits per heavy atom. The van der Waals surface area contributed by atoms with E-state index < -0.39 is 0 Å². The van der Waals surface area contributed by atoms with Crippen LogP contribution >= 0.6 is 12.6 Å². The smallest absolute Gasteiger partial charge is 0.405 e. The number of hydrogen-bond donors (Lipinski definition) is 1. The zero-order chi connectivity index (χ0) is 9.97. The van der Waals surface area contributed by atoms with Crippen molar-refractivity contribution in [2.75, 3.05) is 6.61 Å². The van der Waals surface area contributed by atoms with E-state index in [1.807, 2.05) is 37.3 Å². The molecule has 0 amide bonds. The molecule has 1 fully saturated rings. The third-order valence-electron chi connectivity index (χ3n) is 2.32. The highest BCUT2D eigenvalue weighted by atomic mass is 32.1. The Balaban J connectivity index is 2.03. The van der Waals surface area contributed by atoms with Crippen molar-refractivity contribution in [2.45, 2.75) is 18.3 Å². The monoisotopic (exact) mass is 208 g/mol. The molecule has 1 aromatic rings. The number of thiol groups is 1. The molecule has 4 heteroatoms. The minimum absolute atomic E-state index is 0.100. The normalized spacial score (nSPS) is 23.9. The predicted molar refractivity (Wildman–Crippen MR) is 61.1 cm³/mol. The summed E-state index contributed by atoms with van der Waals surface area (Å²) in [5.41, 5.74) is 1.07. The second-order valence-corrected chi connectivity index (χ2v) is 4.31. The molecule has 1 saturated heterocycles. The van der Waals surface area contributed by atoms with Gasteiger partial charge in [0.15, 0.2) is 0 Å². The summed E-state index contributed by atoms with van der Waals surface area (Å²) in [4.78, 5) is 0. The highest BCUT2D eigenvalue weighted by Gasteiger charge is 2.34. The van der Waals surface area contributed by atoms with Crippen LogP contribution in [0.3, 0.4) is 0 Å². The summed E-state index contributed by atoms with van der Waals surface area (Å²) >= 11 is 4.34. The Morgan fingerprint density at radius 1 is 1.43 bits per heavy atom.